The van der Waals surface area contributed by atoms with Gasteiger partial charge in [-0.25, -0.2) is 10.2 Å². The number of carbonyl (C=O) groups excluding carboxylic acids is 2. The maximum Gasteiger partial charge on any atom is 0.325 e. The molecule has 0 aliphatic heterocycles. The highest BCUT2D eigenvalue weighted by molar-refractivity contribution is 7.15. The summed E-state index contributed by atoms with van der Waals surface area (Å²) < 4.78 is 5.01. The van der Waals surface area contributed by atoms with Crippen LogP contribution in [0.2, 0.25) is 0 Å². The van der Waals surface area contributed by atoms with Crippen molar-refractivity contribution >= 4 is 40.3 Å². The lowest BCUT2D eigenvalue weighted by Crippen LogP contribution is -2.19. The molecule has 2 aromatic carbocycles. The van der Waals surface area contributed by atoms with Gasteiger partial charge in [0.25, 0.3) is 0 Å². The van der Waals surface area contributed by atoms with Crippen LogP contribution in [0.3, 0.4) is 0 Å². The molecule has 0 aliphatic carbocycles. The zero-order chi connectivity index (χ0) is 21.3. The minimum absolute atomic E-state index is 0.0109. The molecule has 10 nitrogen and oxygen atoms in total. The summed E-state index contributed by atoms with van der Waals surface area (Å²) >= 11 is 1.09. The molecule has 1 heterocycles. The number of methoxy groups -OCH3 is 1. The number of carbonyl (C=O) groups is 2. The molecule has 0 atom stereocenters. The standard InChI is InChI=1S/C19H18N6O4S/c1-29-15-9-12(7-8-14(15)26)11-20-23-16(27)10-17-24-25-19(30-17)22-18(28)21-13-5-3-2-4-6-13/h2-9,11,26H,10H2,1H3,(H,23,27)(H2,21,22,25,28)/b20-11-. The molecule has 154 valence electrons. The van der Waals surface area contributed by atoms with E-state index in [1.807, 2.05) is 6.07 Å². The van der Waals surface area contributed by atoms with Gasteiger partial charge in [0.15, 0.2) is 11.5 Å². The van der Waals surface area contributed by atoms with Gasteiger partial charge in [0, 0.05) is 5.69 Å². The second-order valence-electron chi connectivity index (χ2n) is 5.85. The summed E-state index contributed by atoms with van der Waals surface area (Å²) in [5, 5.41) is 27.1. The summed E-state index contributed by atoms with van der Waals surface area (Å²) in [6.07, 6.45) is 1.37. The van der Waals surface area contributed by atoms with Crippen LogP contribution in [0.4, 0.5) is 15.6 Å². The molecule has 0 saturated heterocycles. The maximum atomic E-state index is 12.0. The van der Waals surface area contributed by atoms with E-state index in [-0.39, 0.29) is 17.3 Å². The topological polar surface area (TPSA) is 138 Å². The van der Waals surface area contributed by atoms with E-state index in [4.69, 9.17) is 4.74 Å². The Kier molecular flexibility index (Phi) is 6.90. The van der Waals surface area contributed by atoms with Crippen molar-refractivity contribution in [1.29, 1.82) is 0 Å². The van der Waals surface area contributed by atoms with E-state index in [0.717, 1.165) is 11.3 Å². The Balaban J connectivity index is 1.48. The number of benzene rings is 2. The van der Waals surface area contributed by atoms with Gasteiger partial charge >= 0.3 is 6.03 Å². The summed E-state index contributed by atoms with van der Waals surface area (Å²) in [5.41, 5.74) is 3.66. The number of nitrogens with one attached hydrogen (secondary N) is 3. The van der Waals surface area contributed by atoms with Crippen LogP contribution in [0.25, 0.3) is 0 Å². The van der Waals surface area contributed by atoms with Crippen molar-refractivity contribution in [2.75, 3.05) is 17.7 Å². The molecule has 3 aromatic rings. The van der Waals surface area contributed by atoms with Gasteiger partial charge < -0.3 is 15.2 Å². The fourth-order valence-corrected chi connectivity index (χ4v) is 3.02. The highest BCUT2D eigenvalue weighted by atomic mass is 32.1. The van der Waals surface area contributed by atoms with Crippen LogP contribution in [0.5, 0.6) is 11.5 Å². The van der Waals surface area contributed by atoms with E-state index >= 15 is 0 Å². The highest BCUT2D eigenvalue weighted by Gasteiger charge is 2.11. The van der Waals surface area contributed by atoms with E-state index in [2.05, 4.69) is 31.4 Å². The molecule has 0 spiro atoms. The molecular formula is C19H18N6O4S. The summed E-state index contributed by atoms with van der Waals surface area (Å²) in [4.78, 5) is 24.0. The molecule has 1 aromatic heterocycles. The number of hydrogen-bond acceptors (Lipinski definition) is 8. The molecule has 0 aliphatic rings. The monoisotopic (exact) mass is 426 g/mol. The van der Waals surface area contributed by atoms with Gasteiger partial charge in [0.05, 0.1) is 19.7 Å². The minimum Gasteiger partial charge on any atom is -0.504 e. The van der Waals surface area contributed by atoms with Crippen LogP contribution in [0.15, 0.2) is 53.6 Å². The van der Waals surface area contributed by atoms with E-state index in [1.54, 1.807) is 36.4 Å². The van der Waals surface area contributed by atoms with Crippen LogP contribution in [0, 0.1) is 0 Å². The predicted octanol–water partition coefficient (Wildman–Crippen LogP) is 2.59. The Morgan fingerprint density at radius 1 is 1.17 bits per heavy atom. The smallest absolute Gasteiger partial charge is 0.325 e. The van der Waals surface area contributed by atoms with Crippen molar-refractivity contribution in [2.24, 2.45) is 5.10 Å². The van der Waals surface area contributed by atoms with Crippen LogP contribution in [-0.2, 0) is 11.2 Å². The first kappa shape index (κ1) is 20.7. The quantitative estimate of drug-likeness (QED) is 0.338. The number of phenols is 1. The van der Waals surface area contributed by atoms with Crippen LogP contribution >= 0.6 is 11.3 Å². The van der Waals surface area contributed by atoms with Crippen LogP contribution in [0.1, 0.15) is 10.6 Å². The summed E-state index contributed by atoms with van der Waals surface area (Å²) in [7, 11) is 1.44. The minimum atomic E-state index is -0.456. The van der Waals surface area contributed by atoms with Crippen LogP contribution in [-0.4, -0.2) is 40.6 Å². The maximum absolute atomic E-state index is 12.0. The van der Waals surface area contributed by atoms with E-state index < -0.39 is 11.9 Å². The normalized spacial score (nSPS) is 10.6. The first-order valence-electron chi connectivity index (χ1n) is 8.68. The number of para-hydroxylation sites is 1. The predicted molar refractivity (Wildman–Crippen MR) is 113 cm³/mol. The molecular weight excluding hydrogens is 408 g/mol. The second kappa shape index (κ2) is 9.98. The third-order valence-corrected chi connectivity index (χ3v) is 4.48. The zero-order valence-corrected chi connectivity index (χ0v) is 16.6. The Hall–Kier alpha value is -3.99. The number of ether oxygens (including phenoxy) is 1. The first-order valence-corrected chi connectivity index (χ1v) is 9.49. The Morgan fingerprint density at radius 3 is 2.73 bits per heavy atom. The fraction of sp³-hybridized carbons (Fsp3) is 0.105. The van der Waals surface area contributed by atoms with Crippen molar-refractivity contribution in [3.05, 3.63) is 59.1 Å². The van der Waals surface area contributed by atoms with Crippen molar-refractivity contribution in [3.63, 3.8) is 0 Å². The number of aromatic hydroxyl groups is 1. The second-order valence-corrected chi connectivity index (χ2v) is 6.91. The Bertz CT molecular complexity index is 1050. The van der Waals surface area contributed by atoms with Gasteiger partial charge in [0.2, 0.25) is 11.0 Å². The zero-order valence-electron chi connectivity index (χ0n) is 15.8. The Labute approximate surface area is 175 Å². The number of hydrazone groups is 1. The van der Waals surface area contributed by atoms with Crippen LogP contribution < -0.4 is 20.8 Å². The Morgan fingerprint density at radius 2 is 1.97 bits per heavy atom. The number of anilines is 2. The lowest BCUT2D eigenvalue weighted by atomic mass is 10.2. The molecule has 4 N–H and O–H groups in total. The van der Waals surface area contributed by atoms with Gasteiger partial charge in [0.1, 0.15) is 5.01 Å². The number of urea groups is 1. The van der Waals surface area contributed by atoms with Gasteiger partial charge in [-0.15, -0.1) is 10.2 Å². The summed E-state index contributed by atoms with van der Waals surface area (Å²) in [6, 6.07) is 13.2. The van der Waals surface area contributed by atoms with E-state index in [1.165, 1.54) is 19.4 Å². The third kappa shape index (κ3) is 6.01. The third-order valence-electron chi connectivity index (χ3n) is 3.64. The highest BCUT2D eigenvalue weighted by Crippen LogP contribution is 2.25. The average Bonchev–Trinajstić information content (AvgIpc) is 3.16. The number of amides is 3. The fourth-order valence-electron chi connectivity index (χ4n) is 2.29. The number of aromatic nitrogens is 2. The number of hydrogen-bond donors (Lipinski definition) is 4. The molecule has 3 amide bonds. The molecule has 11 heteroatoms. The lowest BCUT2D eigenvalue weighted by Gasteiger charge is -2.04. The van der Waals surface area contributed by atoms with Crippen molar-refractivity contribution in [3.8, 4) is 11.5 Å². The van der Waals surface area contributed by atoms with Crippen molar-refractivity contribution < 1.29 is 19.4 Å². The van der Waals surface area contributed by atoms with Gasteiger partial charge in [-0.3, -0.25) is 10.1 Å². The molecule has 0 saturated carbocycles. The molecule has 0 bridgehead atoms. The largest absolute Gasteiger partial charge is 0.504 e. The number of phenolic OH excluding ortho intramolecular Hbond substituents is 1. The molecule has 0 fully saturated rings. The number of rotatable bonds is 7. The SMILES string of the molecule is COc1cc(/C=N\NC(=O)Cc2nnc(NC(=O)Nc3ccccc3)s2)ccc1O. The number of nitrogens with zero attached hydrogens (tertiary/aromatic N) is 3. The van der Waals surface area contributed by atoms with Crippen molar-refractivity contribution in [1.82, 2.24) is 15.6 Å². The summed E-state index contributed by atoms with van der Waals surface area (Å²) in [5.74, 6) is -0.0827. The molecule has 0 unspecified atom stereocenters. The van der Waals surface area contributed by atoms with Gasteiger partial charge in [-0.05, 0) is 35.9 Å². The van der Waals surface area contributed by atoms with Crippen molar-refractivity contribution in [2.45, 2.75) is 6.42 Å². The molecule has 0 radical (unpaired) electrons. The van der Waals surface area contributed by atoms with Gasteiger partial charge in [-0.1, -0.05) is 29.5 Å². The van der Waals surface area contributed by atoms with Gasteiger partial charge in [-0.2, -0.15) is 5.10 Å². The average molecular weight is 426 g/mol. The molecule has 3 rings (SSSR count). The first-order chi connectivity index (χ1) is 14.5. The molecule has 30 heavy (non-hydrogen) atoms. The lowest BCUT2D eigenvalue weighted by molar-refractivity contribution is -0.120. The summed E-state index contributed by atoms with van der Waals surface area (Å²) in [6.45, 7) is 0. The van der Waals surface area contributed by atoms with E-state index in [9.17, 15) is 14.7 Å². The van der Waals surface area contributed by atoms with E-state index in [0.29, 0.717) is 22.0 Å².